The molecular formula is C14H21ClN2. The van der Waals surface area contributed by atoms with E-state index in [2.05, 4.69) is 35.5 Å². The first-order valence-corrected chi connectivity index (χ1v) is 6.75. The molecule has 3 heteroatoms. The molecule has 0 aromatic heterocycles. The van der Waals surface area contributed by atoms with Crippen LogP contribution in [0.3, 0.4) is 0 Å². The quantitative estimate of drug-likeness (QED) is 0.885. The lowest BCUT2D eigenvalue weighted by Gasteiger charge is -2.22. The van der Waals surface area contributed by atoms with E-state index >= 15 is 0 Å². The Hall–Kier alpha value is -0.730. The van der Waals surface area contributed by atoms with Crippen LogP contribution in [0, 0.1) is 6.92 Å². The van der Waals surface area contributed by atoms with Crippen LogP contribution in [-0.4, -0.2) is 26.2 Å². The maximum atomic E-state index is 6.15. The lowest BCUT2D eigenvalue weighted by Crippen LogP contribution is -2.28. The average molecular weight is 253 g/mol. The van der Waals surface area contributed by atoms with Crippen molar-refractivity contribution in [2.24, 2.45) is 0 Å². The normalized spacial score (nSPS) is 19.6. The van der Waals surface area contributed by atoms with Gasteiger partial charge in [0.05, 0.1) is 0 Å². The van der Waals surface area contributed by atoms with Crippen molar-refractivity contribution in [3.8, 4) is 0 Å². The molecule has 1 aliphatic rings. The van der Waals surface area contributed by atoms with E-state index in [0.29, 0.717) is 6.04 Å². The Labute approximate surface area is 109 Å². The molecule has 2 rings (SSSR count). The molecule has 0 aliphatic carbocycles. The molecule has 0 amide bonds. The third-order valence-corrected chi connectivity index (χ3v) is 3.98. The van der Waals surface area contributed by atoms with Crippen LogP contribution >= 0.6 is 11.6 Å². The van der Waals surface area contributed by atoms with E-state index in [1.54, 1.807) is 0 Å². The van der Waals surface area contributed by atoms with Crippen molar-refractivity contribution in [3.63, 3.8) is 0 Å². The number of nitrogens with one attached hydrogen (secondary N) is 1. The summed E-state index contributed by atoms with van der Waals surface area (Å²) < 4.78 is 0. The van der Waals surface area contributed by atoms with Gasteiger partial charge in [-0.1, -0.05) is 17.7 Å². The molecule has 0 spiro atoms. The predicted molar refractivity (Wildman–Crippen MR) is 75.1 cm³/mol. The smallest absolute Gasteiger partial charge is 0.0455 e. The van der Waals surface area contributed by atoms with Crippen molar-refractivity contribution < 1.29 is 0 Å². The van der Waals surface area contributed by atoms with E-state index in [9.17, 15) is 0 Å². The van der Waals surface area contributed by atoms with Crippen molar-refractivity contribution in [2.75, 3.05) is 25.0 Å². The summed E-state index contributed by atoms with van der Waals surface area (Å²) in [5.41, 5.74) is 2.35. The highest BCUT2D eigenvalue weighted by Crippen LogP contribution is 2.22. The number of halogens is 1. The van der Waals surface area contributed by atoms with Crippen LogP contribution in [0.15, 0.2) is 18.2 Å². The molecule has 0 bridgehead atoms. The van der Waals surface area contributed by atoms with Gasteiger partial charge < -0.3 is 10.2 Å². The Balaban J connectivity index is 1.89. The zero-order valence-electron chi connectivity index (χ0n) is 10.7. The van der Waals surface area contributed by atoms with Gasteiger partial charge in [-0.3, -0.25) is 0 Å². The summed E-state index contributed by atoms with van der Waals surface area (Å²) >= 11 is 6.15. The highest BCUT2D eigenvalue weighted by atomic mass is 35.5. The summed E-state index contributed by atoms with van der Waals surface area (Å²) in [6.45, 7) is 4.30. The first-order chi connectivity index (χ1) is 8.16. The fourth-order valence-corrected chi connectivity index (χ4v) is 2.48. The summed E-state index contributed by atoms with van der Waals surface area (Å²) in [7, 11) is 2.13. The molecule has 2 nitrogen and oxygen atoms in total. The fraction of sp³-hybridized carbons (Fsp3) is 0.571. The Morgan fingerprint density at radius 1 is 1.47 bits per heavy atom. The van der Waals surface area contributed by atoms with Crippen molar-refractivity contribution >= 4 is 17.3 Å². The van der Waals surface area contributed by atoms with Crippen LogP contribution in [0.2, 0.25) is 5.02 Å². The second-order valence-corrected chi connectivity index (χ2v) is 5.34. The minimum Gasteiger partial charge on any atom is -0.374 e. The monoisotopic (exact) mass is 252 g/mol. The van der Waals surface area contributed by atoms with Gasteiger partial charge in [-0.25, -0.2) is 0 Å². The summed E-state index contributed by atoms with van der Waals surface area (Å²) in [5.74, 6) is 0. The molecule has 1 atom stereocenters. The minimum absolute atomic E-state index is 0.707. The van der Waals surface area contributed by atoms with E-state index in [0.717, 1.165) is 17.1 Å². The van der Waals surface area contributed by atoms with Gasteiger partial charge in [0, 0.05) is 30.3 Å². The van der Waals surface area contributed by atoms with Crippen LogP contribution in [0.25, 0.3) is 0 Å². The van der Waals surface area contributed by atoms with Gasteiger partial charge in [0.15, 0.2) is 0 Å². The predicted octanol–water partition coefficient (Wildman–Crippen LogP) is 3.23. The Morgan fingerprint density at radius 3 is 2.94 bits per heavy atom. The average Bonchev–Trinajstić information content (AvgIpc) is 2.82. The van der Waals surface area contributed by atoms with Gasteiger partial charge in [-0.05, 0) is 50.4 Å². The largest absolute Gasteiger partial charge is 0.374 e. The summed E-state index contributed by atoms with van der Waals surface area (Å²) in [4.78, 5) is 2.28. The maximum Gasteiger partial charge on any atom is 0.0455 e. The second kappa shape index (κ2) is 5.74. The second-order valence-electron chi connectivity index (χ2n) is 4.94. The van der Waals surface area contributed by atoms with Crippen LogP contribution < -0.4 is 10.2 Å². The van der Waals surface area contributed by atoms with E-state index in [4.69, 9.17) is 11.6 Å². The molecule has 0 radical (unpaired) electrons. The van der Waals surface area contributed by atoms with E-state index < -0.39 is 0 Å². The van der Waals surface area contributed by atoms with Gasteiger partial charge in [0.1, 0.15) is 0 Å². The fourth-order valence-electron chi connectivity index (χ4n) is 2.30. The zero-order chi connectivity index (χ0) is 12.3. The van der Waals surface area contributed by atoms with Crippen LogP contribution in [0.5, 0.6) is 0 Å². The number of hydrogen-bond acceptors (Lipinski definition) is 2. The number of aryl methyl sites for hydroxylation is 1. The van der Waals surface area contributed by atoms with Crippen molar-refractivity contribution in [1.82, 2.24) is 5.32 Å². The molecule has 0 saturated carbocycles. The summed E-state index contributed by atoms with van der Waals surface area (Å²) in [6.07, 6.45) is 3.86. The first-order valence-electron chi connectivity index (χ1n) is 6.37. The molecule has 1 aromatic carbocycles. The van der Waals surface area contributed by atoms with E-state index in [1.807, 2.05) is 6.92 Å². The minimum atomic E-state index is 0.707. The third kappa shape index (κ3) is 3.36. The van der Waals surface area contributed by atoms with Crippen LogP contribution in [-0.2, 0) is 0 Å². The van der Waals surface area contributed by atoms with Crippen molar-refractivity contribution in [3.05, 3.63) is 28.8 Å². The molecule has 1 aliphatic heterocycles. The molecule has 17 heavy (non-hydrogen) atoms. The molecule has 1 aromatic rings. The van der Waals surface area contributed by atoms with Crippen molar-refractivity contribution in [1.29, 1.82) is 0 Å². The maximum absolute atomic E-state index is 6.15. The lowest BCUT2D eigenvalue weighted by molar-refractivity contribution is 0.559. The number of hydrogen-bond donors (Lipinski definition) is 1. The number of anilines is 1. The molecule has 1 unspecified atom stereocenters. The molecule has 1 heterocycles. The molecule has 1 N–H and O–H groups in total. The van der Waals surface area contributed by atoms with Crippen LogP contribution in [0.4, 0.5) is 5.69 Å². The van der Waals surface area contributed by atoms with Crippen LogP contribution in [0.1, 0.15) is 24.8 Å². The van der Waals surface area contributed by atoms with Gasteiger partial charge >= 0.3 is 0 Å². The zero-order valence-corrected chi connectivity index (χ0v) is 11.4. The topological polar surface area (TPSA) is 15.3 Å². The van der Waals surface area contributed by atoms with Gasteiger partial charge in [-0.15, -0.1) is 0 Å². The molecule has 1 saturated heterocycles. The highest BCUT2D eigenvalue weighted by molar-refractivity contribution is 6.31. The third-order valence-electron chi connectivity index (χ3n) is 3.57. The SMILES string of the molecule is Cc1ccc(N(C)CCC2CCCN2)cc1Cl. The van der Waals surface area contributed by atoms with Crippen molar-refractivity contribution in [2.45, 2.75) is 32.2 Å². The highest BCUT2D eigenvalue weighted by Gasteiger charge is 2.14. The first kappa shape index (κ1) is 12.7. The lowest BCUT2D eigenvalue weighted by atomic mass is 10.1. The van der Waals surface area contributed by atoms with Gasteiger partial charge in [0.2, 0.25) is 0 Å². The summed E-state index contributed by atoms with van der Waals surface area (Å²) in [5, 5.41) is 4.39. The molecule has 94 valence electrons. The Bertz CT molecular complexity index is 372. The van der Waals surface area contributed by atoms with Gasteiger partial charge in [-0.2, -0.15) is 0 Å². The Morgan fingerprint density at radius 2 is 2.29 bits per heavy atom. The standard InChI is InChI=1S/C14H21ClN2/c1-11-5-6-13(10-14(11)15)17(2)9-7-12-4-3-8-16-12/h5-6,10,12,16H,3-4,7-9H2,1-2H3. The van der Waals surface area contributed by atoms with Gasteiger partial charge in [0.25, 0.3) is 0 Å². The number of benzene rings is 1. The number of rotatable bonds is 4. The summed E-state index contributed by atoms with van der Waals surface area (Å²) in [6, 6.07) is 6.99. The molecule has 1 fully saturated rings. The van der Waals surface area contributed by atoms with E-state index in [1.165, 1.54) is 31.5 Å². The van der Waals surface area contributed by atoms with E-state index in [-0.39, 0.29) is 0 Å². The molecular weight excluding hydrogens is 232 g/mol. The number of nitrogens with zero attached hydrogens (tertiary/aromatic N) is 1. The Kier molecular flexibility index (Phi) is 4.30.